The lowest BCUT2D eigenvalue weighted by atomic mass is 9.78. The fourth-order valence-corrected chi connectivity index (χ4v) is 5.44. The Morgan fingerprint density at radius 3 is 2.17 bits per heavy atom. The van der Waals surface area contributed by atoms with Gasteiger partial charge < -0.3 is 15.1 Å². The van der Waals surface area contributed by atoms with Crippen molar-refractivity contribution in [2.45, 2.75) is 24.8 Å². The van der Waals surface area contributed by atoms with Crippen molar-refractivity contribution in [2.24, 2.45) is 5.92 Å². The molecule has 3 aromatic carbocycles. The molecule has 6 nitrogen and oxygen atoms in total. The van der Waals surface area contributed by atoms with Gasteiger partial charge in [0.25, 0.3) is 5.91 Å². The van der Waals surface area contributed by atoms with Gasteiger partial charge in [-0.05, 0) is 48.2 Å². The number of nitrogens with zero attached hydrogens (tertiary/aromatic N) is 2. The minimum atomic E-state index is -0.455. The quantitative estimate of drug-likeness (QED) is 0.598. The summed E-state index contributed by atoms with van der Waals surface area (Å²) in [5.41, 5.74) is 3.93. The second-order valence-corrected chi connectivity index (χ2v) is 9.94. The third kappa shape index (κ3) is 4.17. The lowest BCUT2D eigenvalue weighted by Crippen LogP contribution is -2.51. The number of piperazine rings is 1. The van der Waals surface area contributed by atoms with E-state index >= 15 is 0 Å². The lowest BCUT2D eigenvalue weighted by molar-refractivity contribution is -0.134. The lowest BCUT2D eigenvalue weighted by Gasteiger charge is -2.36. The smallest absolute Gasteiger partial charge is 0.253 e. The van der Waals surface area contributed by atoms with E-state index in [1.807, 2.05) is 88.7 Å². The molecule has 2 amide bonds. The van der Waals surface area contributed by atoms with Crippen molar-refractivity contribution in [2.75, 3.05) is 31.5 Å². The van der Waals surface area contributed by atoms with E-state index in [4.69, 9.17) is 0 Å². The number of carbonyl (C=O) groups is 3. The number of carbonyl (C=O) groups excluding carboxylic acids is 3. The Labute approximate surface area is 210 Å². The maximum absolute atomic E-state index is 13.8. The summed E-state index contributed by atoms with van der Waals surface area (Å²) in [6.07, 6.45) is 1.99. The van der Waals surface area contributed by atoms with Crippen molar-refractivity contribution in [3.8, 4) is 0 Å². The topological polar surface area (TPSA) is 69.7 Å². The molecule has 1 saturated heterocycles. The summed E-state index contributed by atoms with van der Waals surface area (Å²) in [6, 6.07) is 24.9. The highest BCUT2D eigenvalue weighted by Crippen LogP contribution is 2.42. The number of fused-ring (bicyclic) bond motifs is 1. The van der Waals surface area contributed by atoms with Crippen molar-refractivity contribution < 1.29 is 14.4 Å². The third-order valence-corrected chi connectivity index (χ3v) is 7.58. The highest BCUT2D eigenvalue weighted by molar-refractivity contribution is 6.08. The zero-order chi connectivity index (χ0) is 24.6. The maximum atomic E-state index is 13.8. The molecule has 2 atom stereocenters. The summed E-state index contributed by atoms with van der Waals surface area (Å²) in [7, 11) is 0. The van der Waals surface area contributed by atoms with Crippen LogP contribution in [0.15, 0.2) is 78.9 Å². The zero-order valence-corrected chi connectivity index (χ0v) is 20.1. The highest BCUT2D eigenvalue weighted by Gasteiger charge is 2.38. The zero-order valence-electron chi connectivity index (χ0n) is 20.1. The van der Waals surface area contributed by atoms with E-state index in [0.717, 1.165) is 29.7 Å². The summed E-state index contributed by atoms with van der Waals surface area (Å²) in [4.78, 5) is 43.3. The molecule has 2 heterocycles. The van der Waals surface area contributed by atoms with Crippen LogP contribution in [0.1, 0.15) is 56.6 Å². The van der Waals surface area contributed by atoms with E-state index < -0.39 is 5.92 Å². The van der Waals surface area contributed by atoms with Crippen molar-refractivity contribution in [1.82, 2.24) is 9.80 Å². The Morgan fingerprint density at radius 2 is 1.42 bits per heavy atom. The van der Waals surface area contributed by atoms with Crippen LogP contribution in [0, 0.1) is 5.92 Å². The largest absolute Gasteiger partial charge is 0.377 e. The minimum Gasteiger partial charge on any atom is -0.377 e. The maximum Gasteiger partial charge on any atom is 0.253 e. The third-order valence-electron chi connectivity index (χ3n) is 7.58. The number of para-hydroxylation sites is 1. The molecule has 0 aromatic heterocycles. The molecule has 0 spiro atoms. The minimum absolute atomic E-state index is 0.0509. The van der Waals surface area contributed by atoms with Gasteiger partial charge in [0.1, 0.15) is 0 Å². The number of ketones is 1. The first kappa shape index (κ1) is 22.5. The molecular formula is C30H29N3O3. The molecule has 3 aliphatic rings. The van der Waals surface area contributed by atoms with Crippen LogP contribution in [0.4, 0.5) is 5.69 Å². The van der Waals surface area contributed by atoms with Gasteiger partial charge in [0, 0.05) is 48.9 Å². The molecule has 1 aliphatic carbocycles. The van der Waals surface area contributed by atoms with Crippen molar-refractivity contribution in [3.05, 3.63) is 101 Å². The molecule has 2 aliphatic heterocycles. The molecule has 36 heavy (non-hydrogen) atoms. The van der Waals surface area contributed by atoms with Gasteiger partial charge in [0.05, 0.1) is 12.0 Å². The number of benzene rings is 3. The first-order chi connectivity index (χ1) is 17.6. The summed E-state index contributed by atoms with van der Waals surface area (Å²) < 4.78 is 0. The van der Waals surface area contributed by atoms with Crippen LogP contribution in [-0.2, 0) is 4.79 Å². The van der Waals surface area contributed by atoms with Gasteiger partial charge in [0.2, 0.25) is 5.91 Å². The number of rotatable bonds is 4. The number of Topliss-reactive ketones (excluding diaryl/α,β-unsaturated/α-hetero) is 1. The van der Waals surface area contributed by atoms with Gasteiger partial charge >= 0.3 is 0 Å². The second kappa shape index (κ2) is 9.26. The molecule has 0 radical (unpaired) electrons. The van der Waals surface area contributed by atoms with Crippen LogP contribution in [0.3, 0.4) is 0 Å². The van der Waals surface area contributed by atoms with Gasteiger partial charge in [-0.15, -0.1) is 0 Å². The van der Waals surface area contributed by atoms with E-state index in [1.165, 1.54) is 0 Å². The van der Waals surface area contributed by atoms with Crippen LogP contribution < -0.4 is 5.32 Å². The Balaban J connectivity index is 1.27. The molecule has 6 heteroatoms. The van der Waals surface area contributed by atoms with E-state index in [0.29, 0.717) is 37.3 Å². The van der Waals surface area contributed by atoms with Crippen molar-refractivity contribution in [3.63, 3.8) is 0 Å². The number of anilines is 1. The molecule has 2 unspecified atom stereocenters. The molecule has 182 valence electrons. The normalized spacial score (nSPS) is 21.5. The first-order valence-corrected chi connectivity index (χ1v) is 12.7. The molecule has 1 saturated carbocycles. The molecule has 3 aromatic rings. The predicted octanol–water partition coefficient (Wildman–Crippen LogP) is 4.51. The van der Waals surface area contributed by atoms with Gasteiger partial charge in [-0.3, -0.25) is 14.4 Å². The molecule has 0 bridgehead atoms. The monoisotopic (exact) mass is 479 g/mol. The van der Waals surface area contributed by atoms with E-state index in [-0.39, 0.29) is 29.6 Å². The summed E-state index contributed by atoms with van der Waals surface area (Å²) >= 11 is 0. The molecule has 6 rings (SSSR count). The first-order valence-electron chi connectivity index (χ1n) is 12.7. The Kier molecular flexibility index (Phi) is 5.80. The predicted molar refractivity (Wildman–Crippen MR) is 138 cm³/mol. The fourth-order valence-electron chi connectivity index (χ4n) is 5.44. The van der Waals surface area contributed by atoms with Crippen LogP contribution in [0.2, 0.25) is 0 Å². The summed E-state index contributed by atoms with van der Waals surface area (Å²) in [5.74, 6) is -0.0192. The molecular weight excluding hydrogens is 450 g/mol. The number of hydrogen-bond donors (Lipinski definition) is 1. The van der Waals surface area contributed by atoms with E-state index in [9.17, 15) is 14.4 Å². The number of amides is 2. The highest BCUT2D eigenvalue weighted by atomic mass is 16.2. The molecule has 2 fully saturated rings. The van der Waals surface area contributed by atoms with Crippen LogP contribution >= 0.6 is 0 Å². The van der Waals surface area contributed by atoms with Crippen molar-refractivity contribution in [1.29, 1.82) is 0 Å². The average molecular weight is 480 g/mol. The SMILES string of the molecule is O=C1c2ccccc2NC(c2ccccc2)C1c1cccc(C(=O)N2CCN(C(=O)C3CC3)CC2)c1. The van der Waals surface area contributed by atoms with E-state index in [1.54, 1.807) is 0 Å². The fraction of sp³-hybridized carbons (Fsp3) is 0.300. The number of nitrogens with one attached hydrogen (secondary N) is 1. The van der Waals surface area contributed by atoms with Crippen LogP contribution in [0.25, 0.3) is 0 Å². The van der Waals surface area contributed by atoms with E-state index in [2.05, 4.69) is 5.32 Å². The van der Waals surface area contributed by atoms with Gasteiger partial charge in [0.15, 0.2) is 5.78 Å². The van der Waals surface area contributed by atoms with Gasteiger partial charge in [-0.1, -0.05) is 54.6 Å². The Morgan fingerprint density at radius 1 is 0.750 bits per heavy atom. The molecule has 1 N–H and O–H groups in total. The Bertz CT molecular complexity index is 1310. The Hall–Kier alpha value is -3.93. The van der Waals surface area contributed by atoms with Crippen molar-refractivity contribution >= 4 is 23.3 Å². The van der Waals surface area contributed by atoms with Gasteiger partial charge in [-0.2, -0.15) is 0 Å². The van der Waals surface area contributed by atoms with Crippen LogP contribution in [-0.4, -0.2) is 53.6 Å². The standard InChI is InChI=1S/C30H29N3O3/c34-28-24-11-4-5-12-25(24)31-27(20-7-2-1-3-8-20)26(28)22-9-6-10-23(19-22)30(36)33-17-15-32(16-18-33)29(35)21-13-14-21/h1-12,19,21,26-27,31H,13-18H2. The van der Waals surface area contributed by atoms with Crippen LogP contribution in [0.5, 0.6) is 0 Å². The second-order valence-electron chi connectivity index (χ2n) is 9.94. The number of hydrogen-bond acceptors (Lipinski definition) is 4. The van der Waals surface area contributed by atoms with Gasteiger partial charge in [-0.25, -0.2) is 0 Å². The summed E-state index contributed by atoms with van der Waals surface area (Å²) in [6.45, 7) is 2.23. The summed E-state index contributed by atoms with van der Waals surface area (Å²) in [5, 5.41) is 3.58. The average Bonchev–Trinajstić information content (AvgIpc) is 3.79.